The number of fused-ring (bicyclic) bond motifs is 1. The molecule has 0 fully saturated rings. The largest absolute Gasteiger partial charge is 0.483 e. The lowest BCUT2D eigenvalue weighted by Gasteiger charge is -2.17. The van der Waals surface area contributed by atoms with Gasteiger partial charge in [0.25, 0.3) is 6.47 Å². The summed E-state index contributed by atoms with van der Waals surface area (Å²) in [6.07, 6.45) is 3.46. The van der Waals surface area contributed by atoms with Crippen molar-refractivity contribution in [3.63, 3.8) is 0 Å². The summed E-state index contributed by atoms with van der Waals surface area (Å²) in [5.41, 5.74) is 1.74. The molecule has 0 spiro atoms. The molecule has 0 aliphatic heterocycles. The first kappa shape index (κ1) is 18.2. The molecule has 0 atom stereocenters. The van der Waals surface area contributed by atoms with Crippen LogP contribution in [0.15, 0.2) is 36.7 Å². The molecule has 2 aromatic heterocycles. The molecule has 0 radical (unpaired) electrons. The van der Waals surface area contributed by atoms with Crippen LogP contribution in [-0.4, -0.2) is 44.0 Å². The van der Waals surface area contributed by atoms with Gasteiger partial charge in [0.1, 0.15) is 18.2 Å². The van der Waals surface area contributed by atoms with Crippen LogP contribution in [0.3, 0.4) is 0 Å². The molecule has 132 valence electrons. The third kappa shape index (κ3) is 4.66. The molecule has 2 heterocycles. The highest BCUT2D eigenvalue weighted by Gasteiger charge is 2.12. The molecule has 1 aromatic carbocycles. The van der Waals surface area contributed by atoms with E-state index in [1.165, 1.54) is 12.1 Å². The molecule has 1 amide bonds. The van der Waals surface area contributed by atoms with Crippen molar-refractivity contribution in [2.75, 3.05) is 7.05 Å². The second-order valence-corrected chi connectivity index (χ2v) is 5.48. The predicted octanol–water partition coefficient (Wildman–Crippen LogP) is 2.17. The molecule has 0 unspecified atom stereocenters. The molecule has 3 rings (SSSR count). The second-order valence-electron chi connectivity index (χ2n) is 5.48. The van der Waals surface area contributed by atoms with E-state index < -0.39 is 0 Å². The van der Waals surface area contributed by atoms with Crippen molar-refractivity contribution in [2.24, 2.45) is 0 Å². The first-order valence-electron chi connectivity index (χ1n) is 7.51. The number of halogens is 1. The lowest BCUT2D eigenvalue weighted by Crippen LogP contribution is -2.30. The van der Waals surface area contributed by atoms with Crippen LogP contribution in [-0.2, 0) is 22.7 Å². The molecular formula is C17H19FN4O3. The van der Waals surface area contributed by atoms with Gasteiger partial charge in [-0.15, -0.1) is 0 Å². The Labute approximate surface area is 143 Å². The van der Waals surface area contributed by atoms with E-state index >= 15 is 0 Å². The number of rotatable bonds is 4. The van der Waals surface area contributed by atoms with Crippen molar-refractivity contribution in [2.45, 2.75) is 20.0 Å². The zero-order valence-electron chi connectivity index (χ0n) is 13.9. The smallest absolute Gasteiger partial charge is 0.290 e. The Morgan fingerprint density at radius 1 is 1.44 bits per heavy atom. The summed E-state index contributed by atoms with van der Waals surface area (Å²) in [4.78, 5) is 29.5. The minimum atomic E-state index is -0.266. The Morgan fingerprint density at radius 2 is 2.16 bits per heavy atom. The van der Waals surface area contributed by atoms with Crippen molar-refractivity contribution >= 4 is 23.3 Å². The van der Waals surface area contributed by atoms with E-state index in [-0.39, 0.29) is 24.7 Å². The molecule has 25 heavy (non-hydrogen) atoms. The second kappa shape index (κ2) is 8.09. The fourth-order valence-electron chi connectivity index (χ4n) is 2.43. The Morgan fingerprint density at radius 3 is 2.80 bits per heavy atom. The molecule has 0 aliphatic carbocycles. The normalized spacial score (nSPS) is 10.2. The van der Waals surface area contributed by atoms with Crippen molar-refractivity contribution in [3.8, 4) is 0 Å². The number of benzene rings is 1. The number of aromatic amines is 1. The number of amides is 1. The summed E-state index contributed by atoms with van der Waals surface area (Å²) >= 11 is 0. The summed E-state index contributed by atoms with van der Waals surface area (Å²) in [5.74, 6) is 0.534. The van der Waals surface area contributed by atoms with Gasteiger partial charge in [0, 0.05) is 36.0 Å². The van der Waals surface area contributed by atoms with Gasteiger partial charge in [0.2, 0.25) is 5.91 Å². The van der Waals surface area contributed by atoms with Gasteiger partial charge in [-0.1, -0.05) is 0 Å². The van der Waals surface area contributed by atoms with Crippen LogP contribution in [0.25, 0.3) is 10.9 Å². The summed E-state index contributed by atoms with van der Waals surface area (Å²) in [7, 11) is 1.75. The van der Waals surface area contributed by atoms with Crippen molar-refractivity contribution < 1.29 is 19.1 Å². The van der Waals surface area contributed by atoms with E-state index in [4.69, 9.17) is 9.90 Å². The van der Waals surface area contributed by atoms with Crippen molar-refractivity contribution in [1.82, 2.24) is 19.4 Å². The van der Waals surface area contributed by atoms with Gasteiger partial charge in [-0.25, -0.2) is 9.37 Å². The molecular weight excluding hydrogens is 327 g/mol. The third-order valence-corrected chi connectivity index (χ3v) is 3.70. The highest BCUT2D eigenvalue weighted by molar-refractivity contribution is 5.81. The van der Waals surface area contributed by atoms with Gasteiger partial charge in [-0.2, -0.15) is 0 Å². The van der Waals surface area contributed by atoms with E-state index in [1.807, 2.05) is 13.0 Å². The standard InChI is InChI=1S/C16H17FN4O.CH2O2/c1-11-18-5-6-21(11)10-16(22)20(2)9-14-8-12-7-13(17)3-4-15(12)19-14;2-1-3/h3-8,19H,9-10H2,1-2H3;1H,(H,2,3). The Balaban J connectivity index is 0.000000701. The number of imidazole rings is 1. The third-order valence-electron chi connectivity index (χ3n) is 3.70. The van der Waals surface area contributed by atoms with E-state index in [1.54, 1.807) is 35.0 Å². The van der Waals surface area contributed by atoms with Crippen molar-refractivity contribution in [3.05, 3.63) is 54.0 Å². The highest BCUT2D eigenvalue weighted by atomic mass is 19.1. The van der Waals surface area contributed by atoms with Gasteiger partial charge >= 0.3 is 0 Å². The van der Waals surface area contributed by atoms with E-state index in [0.717, 1.165) is 22.4 Å². The van der Waals surface area contributed by atoms with Gasteiger partial charge in [-0.3, -0.25) is 9.59 Å². The lowest BCUT2D eigenvalue weighted by molar-refractivity contribution is -0.131. The van der Waals surface area contributed by atoms with Crippen LogP contribution in [0, 0.1) is 12.7 Å². The molecule has 7 nitrogen and oxygen atoms in total. The maximum atomic E-state index is 13.2. The topological polar surface area (TPSA) is 91.2 Å². The minimum Gasteiger partial charge on any atom is -0.483 e. The van der Waals surface area contributed by atoms with Crippen LogP contribution in [0.5, 0.6) is 0 Å². The summed E-state index contributed by atoms with van der Waals surface area (Å²) in [6, 6.07) is 6.46. The number of H-pyrrole nitrogens is 1. The fraction of sp³-hybridized carbons (Fsp3) is 0.235. The van der Waals surface area contributed by atoms with Crippen LogP contribution in [0.4, 0.5) is 4.39 Å². The fourth-order valence-corrected chi connectivity index (χ4v) is 2.43. The van der Waals surface area contributed by atoms with Crippen LogP contribution in [0.2, 0.25) is 0 Å². The summed E-state index contributed by atoms with van der Waals surface area (Å²) in [6.45, 7) is 2.32. The van der Waals surface area contributed by atoms with Crippen LogP contribution < -0.4 is 0 Å². The Kier molecular flexibility index (Phi) is 5.89. The number of hydrogen-bond acceptors (Lipinski definition) is 3. The minimum absolute atomic E-state index is 0.00839. The van der Waals surface area contributed by atoms with Crippen LogP contribution in [0.1, 0.15) is 11.5 Å². The zero-order valence-corrected chi connectivity index (χ0v) is 13.9. The van der Waals surface area contributed by atoms with Gasteiger partial charge < -0.3 is 19.6 Å². The Bertz CT molecular complexity index is 872. The Hall–Kier alpha value is -3.16. The predicted molar refractivity (Wildman–Crippen MR) is 90.4 cm³/mol. The molecule has 0 saturated carbocycles. The molecule has 0 aliphatic rings. The van der Waals surface area contributed by atoms with E-state index in [0.29, 0.717) is 6.54 Å². The maximum absolute atomic E-state index is 13.2. The number of aryl methyl sites for hydroxylation is 1. The number of hydrogen-bond donors (Lipinski definition) is 2. The number of carboxylic acid groups (broad SMARTS) is 1. The van der Waals surface area contributed by atoms with E-state index in [9.17, 15) is 9.18 Å². The SMILES string of the molecule is Cc1nccn1CC(=O)N(C)Cc1cc2cc(F)ccc2[nH]1.O=CO. The van der Waals surface area contributed by atoms with Gasteiger partial charge in [0.15, 0.2) is 0 Å². The first-order valence-corrected chi connectivity index (χ1v) is 7.51. The average Bonchev–Trinajstić information content (AvgIpc) is 3.13. The zero-order chi connectivity index (χ0) is 18.4. The number of carbonyl (C=O) groups is 2. The molecule has 3 aromatic rings. The number of nitrogens with one attached hydrogen (secondary N) is 1. The van der Waals surface area contributed by atoms with Crippen molar-refractivity contribution in [1.29, 1.82) is 0 Å². The summed E-state index contributed by atoms with van der Waals surface area (Å²) in [5, 5.41) is 7.70. The van der Waals surface area contributed by atoms with Gasteiger partial charge in [0.05, 0.1) is 6.54 Å². The average molecular weight is 346 g/mol. The number of aromatic nitrogens is 3. The molecule has 2 N–H and O–H groups in total. The van der Waals surface area contributed by atoms with E-state index in [2.05, 4.69) is 9.97 Å². The molecule has 0 bridgehead atoms. The maximum Gasteiger partial charge on any atom is 0.290 e. The van der Waals surface area contributed by atoms with Gasteiger partial charge in [-0.05, 0) is 31.2 Å². The molecule has 8 heteroatoms. The quantitative estimate of drug-likeness (QED) is 0.708. The lowest BCUT2D eigenvalue weighted by atomic mass is 10.2. The highest BCUT2D eigenvalue weighted by Crippen LogP contribution is 2.17. The summed E-state index contributed by atoms with van der Waals surface area (Å²) < 4.78 is 15.0. The number of carbonyl (C=O) groups excluding carboxylic acids is 1. The number of nitrogens with zero attached hydrogens (tertiary/aromatic N) is 3. The number of likely N-dealkylation sites (N-methyl/N-ethyl adjacent to an activating group) is 1. The first-order chi connectivity index (χ1) is 11.9. The molecule has 0 saturated heterocycles. The monoisotopic (exact) mass is 346 g/mol. The van der Waals surface area contributed by atoms with Crippen LogP contribution >= 0.6 is 0 Å².